The van der Waals surface area contributed by atoms with E-state index in [4.69, 9.17) is 9.47 Å². The second kappa shape index (κ2) is 9.88. The smallest absolute Gasteiger partial charge is 0.387 e. The van der Waals surface area contributed by atoms with E-state index in [0.29, 0.717) is 19.7 Å². The number of ether oxygens (including phenoxy) is 3. The Morgan fingerprint density at radius 3 is 2.71 bits per heavy atom. The van der Waals surface area contributed by atoms with Crippen molar-refractivity contribution in [3.8, 4) is 5.75 Å². The van der Waals surface area contributed by atoms with Gasteiger partial charge in [0, 0.05) is 19.7 Å². The normalized spacial score (nSPS) is 19.2. The molecule has 0 bridgehead atoms. The summed E-state index contributed by atoms with van der Waals surface area (Å²) in [6.07, 6.45) is 1.66. The molecule has 1 aromatic rings. The molecule has 0 amide bonds. The fourth-order valence-corrected chi connectivity index (χ4v) is 2.68. The Morgan fingerprint density at radius 1 is 1.33 bits per heavy atom. The Hall–Kier alpha value is -1.28. The minimum Gasteiger partial charge on any atom is -0.435 e. The number of aliphatic hydroxyl groups is 1. The van der Waals surface area contributed by atoms with Crippen LogP contribution in [0.1, 0.15) is 18.4 Å². The molecule has 0 radical (unpaired) electrons. The lowest BCUT2D eigenvalue weighted by molar-refractivity contribution is -0.0498. The largest absolute Gasteiger partial charge is 0.435 e. The zero-order chi connectivity index (χ0) is 17.4. The topological polar surface area (TPSA) is 51.2 Å². The molecule has 1 N–H and O–H groups in total. The first-order chi connectivity index (χ1) is 11.5. The predicted octanol–water partition coefficient (Wildman–Crippen LogP) is 2.28. The van der Waals surface area contributed by atoms with E-state index in [9.17, 15) is 13.9 Å². The molecule has 24 heavy (non-hydrogen) atoms. The van der Waals surface area contributed by atoms with Crippen molar-refractivity contribution in [3.63, 3.8) is 0 Å². The lowest BCUT2D eigenvalue weighted by atomic mass is 10.2. The van der Waals surface area contributed by atoms with Gasteiger partial charge in [-0.25, -0.2) is 0 Å². The minimum absolute atomic E-state index is 0.138. The van der Waals surface area contributed by atoms with Gasteiger partial charge < -0.3 is 19.3 Å². The summed E-state index contributed by atoms with van der Waals surface area (Å²) in [5.74, 6) is 0.138. The summed E-state index contributed by atoms with van der Waals surface area (Å²) < 4.78 is 39.5. The van der Waals surface area contributed by atoms with Crippen LogP contribution in [0.15, 0.2) is 24.3 Å². The summed E-state index contributed by atoms with van der Waals surface area (Å²) >= 11 is 0. The first kappa shape index (κ1) is 19.1. The Bertz CT molecular complexity index is 466. The van der Waals surface area contributed by atoms with Gasteiger partial charge in [-0.1, -0.05) is 12.1 Å². The number of hydrogen-bond acceptors (Lipinski definition) is 5. The molecule has 1 aromatic carbocycles. The van der Waals surface area contributed by atoms with E-state index < -0.39 is 12.7 Å². The highest BCUT2D eigenvalue weighted by molar-refractivity contribution is 5.27. The molecule has 7 heteroatoms. The van der Waals surface area contributed by atoms with Gasteiger partial charge in [0.1, 0.15) is 5.75 Å². The molecule has 1 aliphatic heterocycles. The van der Waals surface area contributed by atoms with Crippen molar-refractivity contribution in [2.75, 3.05) is 33.4 Å². The fraction of sp³-hybridized carbons (Fsp3) is 0.647. The van der Waals surface area contributed by atoms with E-state index in [-0.39, 0.29) is 18.5 Å². The van der Waals surface area contributed by atoms with Gasteiger partial charge in [-0.2, -0.15) is 8.78 Å². The second-order valence-electron chi connectivity index (χ2n) is 6.05. The number of nitrogens with zero attached hydrogens (tertiary/aromatic N) is 1. The molecule has 0 spiro atoms. The van der Waals surface area contributed by atoms with Crippen LogP contribution in [-0.4, -0.2) is 62.2 Å². The average molecular weight is 345 g/mol. The maximum atomic E-state index is 12.1. The maximum absolute atomic E-state index is 12.1. The molecular formula is C17H25F2NO4. The molecule has 5 nitrogen and oxygen atoms in total. The zero-order valence-electron chi connectivity index (χ0n) is 13.9. The lowest BCUT2D eigenvalue weighted by Gasteiger charge is -2.21. The molecule has 2 atom stereocenters. The quantitative estimate of drug-likeness (QED) is 0.705. The van der Waals surface area contributed by atoms with Crippen LogP contribution in [0.25, 0.3) is 0 Å². The maximum Gasteiger partial charge on any atom is 0.387 e. The summed E-state index contributed by atoms with van der Waals surface area (Å²) in [5.41, 5.74) is 0.951. The van der Waals surface area contributed by atoms with E-state index in [1.165, 1.54) is 12.1 Å². The first-order valence-corrected chi connectivity index (χ1v) is 8.12. The van der Waals surface area contributed by atoms with Crippen LogP contribution in [0.3, 0.4) is 0 Å². The van der Waals surface area contributed by atoms with Crippen LogP contribution in [0.2, 0.25) is 0 Å². The van der Waals surface area contributed by atoms with Crippen LogP contribution < -0.4 is 4.74 Å². The van der Waals surface area contributed by atoms with Crippen molar-refractivity contribution in [1.82, 2.24) is 4.90 Å². The van der Waals surface area contributed by atoms with Gasteiger partial charge in [-0.05, 0) is 37.6 Å². The van der Waals surface area contributed by atoms with Gasteiger partial charge in [0.15, 0.2) is 0 Å². The molecule has 136 valence electrons. The number of hydrogen-bond donors (Lipinski definition) is 1. The first-order valence-electron chi connectivity index (χ1n) is 8.12. The van der Waals surface area contributed by atoms with Gasteiger partial charge in [-0.15, -0.1) is 0 Å². The van der Waals surface area contributed by atoms with Crippen molar-refractivity contribution in [2.45, 2.75) is 38.2 Å². The van der Waals surface area contributed by atoms with Crippen molar-refractivity contribution in [1.29, 1.82) is 0 Å². The van der Waals surface area contributed by atoms with E-state index in [1.807, 2.05) is 11.9 Å². The lowest BCUT2D eigenvalue weighted by Crippen LogP contribution is -2.32. The molecule has 0 saturated carbocycles. The molecule has 1 saturated heterocycles. The highest BCUT2D eigenvalue weighted by Crippen LogP contribution is 2.16. The summed E-state index contributed by atoms with van der Waals surface area (Å²) in [6, 6.07) is 6.48. The van der Waals surface area contributed by atoms with Crippen molar-refractivity contribution < 1.29 is 28.1 Å². The highest BCUT2D eigenvalue weighted by Gasteiger charge is 2.16. The number of halogens is 2. The SMILES string of the molecule is CN(Cc1ccc(OC(F)F)cc1)CC(O)COCC1CCCO1. The summed E-state index contributed by atoms with van der Waals surface area (Å²) in [4.78, 5) is 1.95. The molecule has 1 fully saturated rings. The number of aliphatic hydroxyl groups excluding tert-OH is 1. The second-order valence-corrected chi connectivity index (χ2v) is 6.05. The number of likely N-dealkylation sites (N-methyl/N-ethyl adjacent to an activating group) is 1. The van der Waals surface area contributed by atoms with E-state index >= 15 is 0 Å². The molecular weight excluding hydrogens is 320 g/mol. The highest BCUT2D eigenvalue weighted by atomic mass is 19.3. The third-order valence-electron chi connectivity index (χ3n) is 3.76. The third kappa shape index (κ3) is 7.09. The van der Waals surface area contributed by atoms with Crippen LogP contribution >= 0.6 is 0 Å². The zero-order valence-corrected chi connectivity index (χ0v) is 13.9. The molecule has 1 aliphatic rings. The van der Waals surface area contributed by atoms with Gasteiger partial charge in [0.05, 0.1) is 25.4 Å². The van der Waals surface area contributed by atoms with Crippen molar-refractivity contribution in [2.24, 2.45) is 0 Å². The Labute approximate surface area is 141 Å². The average Bonchev–Trinajstić information content (AvgIpc) is 3.02. The van der Waals surface area contributed by atoms with E-state index in [0.717, 1.165) is 25.0 Å². The number of alkyl halides is 2. The van der Waals surface area contributed by atoms with Crippen molar-refractivity contribution >= 4 is 0 Å². The fourth-order valence-electron chi connectivity index (χ4n) is 2.68. The Morgan fingerprint density at radius 2 is 2.08 bits per heavy atom. The summed E-state index contributed by atoms with van der Waals surface area (Å²) in [5, 5.41) is 10.0. The molecule has 0 aliphatic carbocycles. The monoisotopic (exact) mass is 345 g/mol. The van der Waals surface area contributed by atoms with Crippen molar-refractivity contribution in [3.05, 3.63) is 29.8 Å². The van der Waals surface area contributed by atoms with Gasteiger partial charge >= 0.3 is 6.61 Å². The number of rotatable bonds is 10. The summed E-state index contributed by atoms with van der Waals surface area (Å²) in [6.45, 7) is -0.181. The molecule has 2 rings (SSSR count). The van der Waals surface area contributed by atoms with Crippen LogP contribution in [0, 0.1) is 0 Å². The molecule has 2 unspecified atom stereocenters. The Kier molecular flexibility index (Phi) is 7.84. The van der Waals surface area contributed by atoms with E-state index in [1.54, 1.807) is 12.1 Å². The third-order valence-corrected chi connectivity index (χ3v) is 3.76. The Balaban J connectivity index is 1.64. The van der Waals surface area contributed by atoms with Crippen LogP contribution in [-0.2, 0) is 16.0 Å². The molecule has 1 heterocycles. The summed E-state index contributed by atoms with van der Waals surface area (Å²) in [7, 11) is 1.88. The van der Waals surface area contributed by atoms with Gasteiger partial charge in [-0.3, -0.25) is 4.90 Å². The van der Waals surface area contributed by atoms with Gasteiger partial charge in [0.2, 0.25) is 0 Å². The van der Waals surface area contributed by atoms with E-state index in [2.05, 4.69) is 4.74 Å². The predicted molar refractivity (Wildman–Crippen MR) is 85.2 cm³/mol. The molecule has 0 aromatic heterocycles. The van der Waals surface area contributed by atoms with Crippen LogP contribution in [0.5, 0.6) is 5.75 Å². The van der Waals surface area contributed by atoms with Gasteiger partial charge in [0.25, 0.3) is 0 Å². The minimum atomic E-state index is -2.82. The standard InChI is InChI=1S/C17H25F2NO4/c1-20(9-13-4-6-15(7-5-13)24-17(18)19)10-14(21)11-22-12-16-3-2-8-23-16/h4-7,14,16-17,21H,2-3,8-12H2,1H3. The van der Waals surface area contributed by atoms with Crippen LogP contribution in [0.4, 0.5) is 8.78 Å². The number of benzene rings is 1.